The van der Waals surface area contributed by atoms with Crippen LogP contribution in [0.2, 0.25) is 5.02 Å². The summed E-state index contributed by atoms with van der Waals surface area (Å²) in [4.78, 5) is 25.6. The van der Waals surface area contributed by atoms with Crippen molar-refractivity contribution in [1.82, 2.24) is 9.55 Å². The summed E-state index contributed by atoms with van der Waals surface area (Å²) in [5.41, 5.74) is 0.678. The maximum atomic E-state index is 11.2. The fraction of sp³-hybridized carbons (Fsp3) is 0. The number of aliphatic carboxylic acids is 1. The Morgan fingerprint density at radius 1 is 1.35 bits per heavy atom. The number of imidazole rings is 1. The van der Waals surface area contributed by atoms with Gasteiger partial charge in [0.05, 0.1) is 17.0 Å². The molecule has 0 unspecified atom stereocenters. The Morgan fingerprint density at radius 2 is 2.12 bits per heavy atom. The third-order valence-corrected chi connectivity index (χ3v) is 2.49. The van der Waals surface area contributed by atoms with Crippen LogP contribution < -0.4 is 0 Å². The zero-order valence-corrected chi connectivity index (χ0v) is 9.26. The molecule has 6 heteroatoms. The van der Waals surface area contributed by atoms with E-state index in [-0.39, 0.29) is 10.6 Å². The largest absolute Gasteiger partial charge is 0.475 e. The summed E-state index contributed by atoms with van der Waals surface area (Å²) in [6.07, 6.45) is 4.84. The Kier molecular flexibility index (Phi) is 2.93. The Balaban J connectivity index is 2.42. The number of halogens is 1. The van der Waals surface area contributed by atoms with Gasteiger partial charge in [0.1, 0.15) is 0 Å². The van der Waals surface area contributed by atoms with Crippen LogP contribution in [0.3, 0.4) is 0 Å². The van der Waals surface area contributed by atoms with Crippen LogP contribution in [-0.4, -0.2) is 26.4 Å². The average Bonchev–Trinajstić information content (AvgIpc) is 2.81. The van der Waals surface area contributed by atoms with Crippen molar-refractivity contribution in [2.24, 2.45) is 0 Å². The number of hydrogen-bond acceptors (Lipinski definition) is 3. The number of carboxylic acid groups (broad SMARTS) is 1. The summed E-state index contributed by atoms with van der Waals surface area (Å²) in [7, 11) is 0. The molecule has 1 aromatic heterocycles. The van der Waals surface area contributed by atoms with Crippen LogP contribution in [0.25, 0.3) is 5.69 Å². The molecule has 1 N–H and O–H groups in total. The van der Waals surface area contributed by atoms with Crippen molar-refractivity contribution in [1.29, 1.82) is 0 Å². The lowest BCUT2D eigenvalue weighted by molar-refractivity contribution is -0.131. The minimum absolute atomic E-state index is 0.0476. The van der Waals surface area contributed by atoms with Gasteiger partial charge in [-0.15, -0.1) is 0 Å². The maximum absolute atomic E-state index is 11.2. The fourth-order valence-electron chi connectivity index (χ4n) is 1.38. The standard InChI is InChI=1S/C11H7ClN2O3/c12-8-5-7(10(15)11(16)17)1-2-9(8)14-4-3-13-6-14/h1-6H,(H,16,17). The fourth-order valence-corrected chi connectivity index (χ4v) is 1.66. The summed E-state index contributed by atoms with van der Waals surface area (Å²) in [6.45, 7) is 0. The summed E-state index contributed by atoms with van der Waals surface area (Å²) in [5, 5.41) is 8.86. The highest BCUT2D eigenvalue weighted by Gasteiger charge is 2.15. The highest BCUT2D eigenvalue weighted by atomic mass is 35.5. The quantitative estimate of drug-likeness (QED) is 0.666. The number of carboxylic acids is 1. The molecule has 0 saturated heterocycles. The number of carbonyl (C=O) groups is 2. The van der Waals surface area contributed by atoms with Gasteiger partial charge in [0, 0.05) is 18.0 Å². The molecule has 0 aliphatic rings. The first-order valence-electron chi connectivity index (χ1n) is 4.65. The third-order valence-electron chi connectivity index (χ3n) is 2.19. The van der Waals surface area contributed by atoms with Gasteiger partial charge in [0.2, 0.25) is 0 Å². The number of aromatic nitrogens is 2. The number of benzene rings is 1. The first-order valence-corrected chi connectivity index (χ1v) is 5.03. The molecule has 0 aliphatic carbocycles. The summed E-state index contributed by atoms with van der Waals surface area (Å²) >= 11 is 5.98. The lowest BCUT2D eigenvalue weighted by Crippen LogP contribution is -2.12. The van der Waals surface area contributed by atoms with Gasteiger partial charge in [0.15, 0.2) is 0 Å². The SMILES string of the molecule is O=C(O)C(=O)c1ccc(-n2ccnc2)c(Cl)c1. The molecule has 0 radical (unpaired) electrons. The van der Waals surface area contributed by atoms with E-state index in [0.29, 0.717) is 5.69 Å². The lowest BCUT2D eigenvalue weighted by atomic mass is 10.1. The summed E-state index contributed by atoms with van der Waals surface area (Å²) in [6, 6.07) is 4.31. The van der Waals surface area contributed by atoms with Crippen molar-refractivity contribution in [2.45, 2.75) is 0 Å². The maximum Gasteiger partial charge on any atom is 0.377 e. The van der Waals surface area contributed by atoms with E-state index in [4.69, 9.17) is 16.7 Å². The van der Waals surface area contributed by atoms with Crippen molar-refractivity contribution < 1.29 is 14.7 Å². The van der Waals surface area contributed by atoms with Gasteiger partial charge in [-0.2, -0.15) is 0 Å². The van der Waals surface area contributed by atoms with E-state index in [1.165, 1.54) is 12.1 Å². The molecule has 0 amide bonds. The molecule has 0 atom stereocenters. The minimum Gasteiger partial charge on any atom is -0.475 e. The Bertz CT molecular complexity index is 578. The smallest absolute Gasteiger partial charge is 0.377 e. The zero-order valence-electron chi connectivity index (χ0n) is 8.50. The molecule has 0 aliphatic heterocycles. The Hall–Kier alpha value is -2.14. The van der Waals surface area contributed by atoms with E-state index < -0.39 is 11.8 Å². The van der Waals surface area contributed by atoms with E-state index in [1.807, 2.05) is 0 Å². The second-order valence-corrected chi connectivity index (χ2v) is 3.68. The van der Waals surface area contributed by atoms with Crippen LogP contribution in [-0.2, 0) is 4.79 Å². The topological polar surface area (TPSA) is 72.2 Å². The van der Waals surface area contributed by atoms with Crippen LogP contribution >= 0.6 is 11.6 Å². The second kappa shape index (κ2) is 4.39. The first-order chi connectivity index (χ1) is 8.09. The molecule has 0 bridgehead atoms. The molecule has 0 saturated carbocycles. The van der Waals surface area contributed by atoms with Crippen LogP contribution in [0.4, 0.5) is 0 Å². The number of rotatable bonds is 3. The Labute approximate surface area is 101 Å². The molecule has 1 aromatic carbocycles. The summed E-state index contributed by atoms with van der Waals surface area (Å²) < 4.78 is 1.66. The number of ketones is 1. The van der Waals surface area contributed by atoms with Gasteiger partial charge in [-0.3, -0.25) is 4.79 Å². The van der Waals surface area contributed by atoms with Crippen molar-refractivity contribution in [2.75, 3.05) is 0 Å². The number of carbonyl (C=O) groups excluding carboxylic acids is 1. The monoisotopic (exact) mass is 250 g/mol. The summed E-state index contributed by atoms with van der Waals surface area (Å²) in [5.74, 6) is -2.49. The molecule has 17 heavy (non-hydrogen) atoms. The van der Waals surface area contributed by atoms with Crippen molar-refractivity contribution in [3.63, 3.8) is 0 Å². The van der Waals surface area contributed by atoms with Crippen LogP contribution in [0, 0.1) is 0 Å². The molecule has 86 valence electrons. The van der Waals surface area contributed by atoms with Gasteiger partial charge in [-0.05, 0) is 18.2 Å². The molecule has 0 fully saturated rings. The predicted molar refractivity (Wildman–Crippen MR) is 60.5 cm³/mol. The van der Waals surface area contributed by atoms with Crippen LogP contribution in [0.15, 0.2) is 36.9 Å². The van der Waals surface area contributed by atoms with E-state index in [1.54, 1.807) is 29.4 Å². The van der Waals surface area contributed by atoms with Crippen molar-refractivity contribution >= 4 is 23.4 Å². The average molecular weight is 251 g/mol. The van der Waals surface area contributed by atoms with Crippen LogP contribution in [0.5, 0.6) is 0 Å². The zero-order chi connectivity index (χ0) is 12.4. The predicted octanol–water partition coefficient (Wildman–Crippen LogP) is 1.79. The first kappa shape index (κ1) is 11.3. The number of hydrogen-bond donors (Lipinski definition) is 1. The number of nitrogens with zero attached hydrogens (tertiary/aromatic N) is 2. The molecular formula is C11H7ClN2O3. The van der Waals surface area contributed by atoms with Gasteiger partial charge in [-0.1, -0.05) is 11.6 Å². The van der Waals surface area contributed by atoms with Gasteiger partial charge in [0.25, 0.3) is 5.78 Å². The molecule has 5 nitrogen and oxygen atoms in total. The molecular weight excluding hydrogens is 244 g/mol. The van der Waals surface area contributed by atoms with Gasteiger partial charge < -0.3 is 9.67 Å². The molecule has 1 heterocycles. The Morgan fingerprint density at radius 3 is 2.65 bits per heavy atom. The molecule has 0 spiro atoms. The molecule has 2 aromatic rings. The van der Waals surface area contributed by atoms with Crippen molar-refractivity contribution in [3.8, 4) is 5.69 Å². The van der Waals surface area contributed by atoms with Gasteiger partial charge >= 0.3 is 5.97 Å². The minimum atomic E-state index is -1.50. The highest BCUT2D eigenvalue weighted by molar-refractivity contribution is 6.41. The van der Waals surface area contributed by atoms with Crippen LogP contribution in [0.1, 0.15) is 10.4 Å². The second-order valence-electron chi connectivity index (χ2n) is 3.27. The van der Waals surface area contributed by atoms with Gasteiger partial charge in [-0.25, -0.2) is 9.78 Å². The van der Waals surface area contributed by atoms with E-state index >= 15 is 0 Å². The van der Waals surface area contributed by atoms with Crippen molar-refractivity contribution in [3.05, 3.63) is 47.5 Å². The lowest BCUT2D eigenvalue weighted by Gasteiger charge is -2.05. The van der Waals surface area contributed by atoms with E-state index in [0.717, 1.165) is 0 Å². The van der Waals surface area contributed by atoms with E-state index in [9.17, 15) is 9.59 Å². The molecule has 2 rings (SSSR count). The number of Topliss-reactive ketones (excluding diaryl/α,β-unsaturated/α-hetero) is 1. The van der Waals surface area contributed by atoms with E-state index in [2.05, 4.69) is 4.98 Å². The normalized spacial score (nSPS) is 10.2. The highest BCUT2D eigenvalue weighted by Crippen LogP contribution is 2.21. The third kappa shape index (κ3) is 2.19.